The van der Waals surface area contributed by atoms with Gasteiger partial charge in [-0.3, -0.25) is 4.79 Å². The quantitative estimate of drug-likeness (QED) is 0.865. The molecule has 1 aliphatic rings. The Bertz CT molecular complexity index is 838. The molecule has 0 saturated carbocycles. The highest BCUT2D eigenvalue weighted by atomic mass is 35.5. The number of hydrogen-bond donors (Lipinski definition) is 1. The first-order valence-corrected chi connectivity index (χ1v) is 8.92. The lowest BCUT2D eigenvalue weighted by Gasteiger charge is -2.17. The molecule has 0 saturated heterocycles. The topological polar surface area (TPSA) is 62.1 Å². The number of carbonyl (C=O) groups excluding carboxylic acids is 1. The average molecular weight is 361 g/mol. The molecule has 24 heavy (non-hydrogen) atoms. The number of hydrogen-bond acceptors (Lipinski definition) is 4. The summed E-state index contributed by atoms with van der Waals surface area (Å²) >= 11 is 7.50. The molecule has 0 radical (unpaired) electrons. The number of halogens is 1. The third kappa shape index (κ3) is 3.12. The zero-order valence-corrected chi connectivity index (χ0v) is 15.1. The van der Waals surface area contributed by atoms with E-state index in [4.69, 9.17) is 16.3 Å². The molecule has 0 bridgehead atoms. The number of methoxy groups -OCH3 is 1. The Balaban J connectivity index is 1.93. The second kappa shape index (κ2) is 6.84. The zero-order chi connectivity index (χ0) is 17.3. The molecule has 1 atom stereocenters. The highest BCUT2D eigenvalue weighted by molar-refractivity contribution is 7.16. The summed E-state index contributed by atoms with van der Waals surface area (Å²) in [5.41, 5.74) is 2.04. The summed E-state index contributed by atoms with van der Waals surface area (Å²) in [5.74, 6) is 0.738. The van der Waals surface area contributed by atoms with E-state index in [1.165, 1.54) is 23.3 Å². The van der Waals surface area contributed by atoms with Crippen molar-refractivity contribution in [2.24, 2.45) is 5.92 Å². The molecule has 124 valence electrons. The van der Waals surface area contributed by atoms with Gasteiger partial charge in [0.25, 0.3) is 5.91 Å². The van der Waals surface area contributed by atoms with Crippen LogP contribution in [0.4, 0.5) is 5.00 Å². The summed E-state index contributed by atoms with van der Waals surface area (Å²) in [7, 11) is 1.51. The third-order valence-corrected chi connectivity index (χ3v) is 5.66. The summed E-state index contributed by atoms with van der Waals surface area (Å²) in [6.45, 7) is 2.21. The Morgan fingerprint density at radius 2 is 2.29 bits per heavy atom. The minimum absolute atomic E-state index is 0.322. The summed E-state index contributed by atoms with van der Waals surface area (Å²) in [5, 5.41) is 13.5. The van der Waals surface area contributed by atoms with Gasteiger partial charge in [0.05, 0.1) is 18.2 Å². The summed E-state index contributed by atoms with van der Waals surface area (Å²) in [4.78, 5) is 13.8. The average Bonchev–Trinajstić information content (AvgIpc) is 2.90. The van der Waals surface area contributed by atoms with Gasteiger partial charge in [0, 0.05) is 9.90 Å². The van der Waals surface area contributed by atoms with Crippen LogP contribution in [0.2, 0.25) is 5.02 Å². The molecule has 2 aromatic rings. The van der Waals surface area contributed by atoms with Gasteiger partial charge in [-0.25, -0.2) is 0 Å². The highest BCUT2D eigenvalue weighted by Gasteiger charge is 2.25. The van der Waals surface area contributed by atoms with Crippen molar-refractivity contribution in [3.8, 4) is 11.8 Å². The van der Waals surface area contributed by atoms with Crippen LogP contribution in [0.15, 0.2) is 18.2 Å². The van der Waals surface area contributed by atoms with Crippen molar-refractivity contribution in [1.82, 2.24) is 0 Å². The maximum absolute atomic E-state index is 12.6. The molecule has 0 fully saturated rings. The van der Waals surface area contributed by atoms with Gasteiger partial charge in [-0.15, -0.1) is 11.3 Å². The SMILES string of the molecule is COc1ccc(Cl)cc1C(=O)Nc1sc2c(c1C#N)CC[C@@H](C)C2. The Kier molecular flexibility index (Phi) is 4.79. The molecule has 1 aliphatic carbocycles. The number of anilines is 1. The van der Waals surface area contributed by atoms with E-state index in [2.05, 4.69) is 18.3 Å². The highest BCUT2D eigenvalue weighted by Crippen LogP contribution is 2.39. The van der Waals surface area contributed by atoms with Crippen molar-refractivity contribution in [3.63, 3.8) is 0 Å². The molecule has 3 rings (SSSR count). The number of thiophene rings is 1. The van der Waals surface area contributed by atoms with Crippen LogP contribution in [0, 0.1) is 17.2 Å². The maximum atomic E-state index is 12.6. The summed E-state index contributed by atoms with van der Waals surface area (Å²) in [6.07, 6.45) is 2.94. The number of rotatable bonds is 3. The first-order valence-electron chi connectivity index (χ1n) is 7.73. The fourth-order valence-corrected chi connectivity index (χ4v) is 4.51. The van der Waals surface area contributed by atoms with E-state index in [1.807, 2.05) is 0 Å². The number of ether oxygens (including phenoxy) is 1. The van der Waals surface area contributed by atoms with Gasteiger partial charge < -0.3 is 10.1 Å². The Labute approximate surface area is 150 Å². The first kappa shape index (κ1) is 16.8. The van der Waals surface area contributed by atoms with Crippen LogP contribution in [0.1, 0.15) is 39.7 Å². The predicted molar refractivity (Wildman–Crippen MR) is 96.2 cm³/mol. The summed E-state index contributed by atoms with van der Waals surface area (Å²) < 4.78 is 5.23. The molecule has 1 N–H and O–H groups in total. The van der Waals surface area contributed by atoms with E-state index in [0.29, 0.717) is 32.8 Å². The van der Waals surface area contributed by atoms with Crippen molar-refractivity contribution in [3.05, 3.63) is 44.8 Å². The first-order chi connectivity index (χ1) is 11.5. The molecule has 1 aromatic heterocycles. The monoisotopic (exact) mass is 360 g/mol. The van der Waals surface area contributed by atoms with Gasteiger partial charge in [0.15, 0.2) is 0 Å². The largest absolute Gasteiger partial charge is 0.496 e. The van der Waals surface area contributed by atoms with Crippen LogP contribution in [0.3, 0.4) is 0 Å². The van der Waals surface area contributed by atoms with Gasteiger partial charge in [0.1, 0.15) is 16.8 Å². The van der Waals surface area contributed by atoms with E-state index in [9.17, 15) is 10.1 Å². The van der Waals surface area contributed by atoms with Crippen molar-refractivity contribution in [2.45, 2.75) is 26.2 Å². The van der Waals surface area contributed by atoms with E-state index in [-0.39, 0.29) is 5.91 Å². The number of carbonyl (C=O) groups is 1. The fourth-order valence-electron chi connectivity index (χ4n) is 2.99. The van der Waals surface area contributed by atoms with E-state index < -0.39 is 0 Å². The van der Waals surface area contributed by atoms with Gasteiger partial charge in [0.2, 0.25) is 0 Å². The molecule has 1 aromatic carbocycles. The van der Waals surface area contributed by atoms with Gasteiger partial charge in [-0.1, -0.05) is 18.5 Å². The van der Waals surface area contributed by atoms with Crippen molar-refractivity contribution < 1.29 is 9.53 Å². The second-order valence-electron chi connectivity index (χ2n) is 5.97. The van der Waals surface area contributed by atoms with Crippen LogP contribution < -0.4 is 10.1 Å². The van der Waals surface area contributed by atoms with Crippen molar-refractivity contribution in [2.75, 3.05) is 12.4 Å². The number of nitrogens with zero attached hydrogens (tertiary/aromatic N) is 1. The number of nitrogens with one attached hydrogen (secondary N) is 1. The number of nitriles is 1. The van der Waals surface area contributed by atoms with Crippen LogP contribution in [0.25, 0.3) is 0 Å². The number of amides is 1. The summed E-state index contributed by atoms with van der Waals surface area (Å²) in [6, 6.07) is 7.15. The van der Waals surface area contributed by atoms with Crippen molar-refractivity contribution >= 4 is 33.8 Å². The van der Waals surface area contributed by atoms with Crippen LogP contribution >= 0.6 is 22.9 Å². The fraction of sp³-hybridized carbons (Fsp3) is 0.333. The molecule has 0 spiro atoms. The smallest absolute Gasteiger partial charge is 0.260 e. The van der Waals surface area contributed by atoms with Gasteiger partial charge in [-0.2, -0.15) is 5.26 Å². The minimum Gasteiger partial charge on any atom is -0.496 e. The molecule has 4 nitrogen and oxygen atoms in total. The number of benzene rings is 1. The van der Waals surface area contributed by atoms with E-state index in [1.54, 1.807) is 18.2 Å². The lowest BCUT2D eigenvalue weighted by molar-refractivity contribution is 0.102. The van der Waals surface area contributed by atoms with E-state index in [0.717, 1.165) is 24.8 Å². The van der Waals surface area contributed by atoms with Crippen LogP contribution in [-0.2, 0) is 12.8 Å². The Morgan fingerprint density at radius 3 is 3.00 bits per heavy atom. The lowest BCUT2D eigenvalue weighted by atomic mass is 9.88. The Morgan fingerprint density at radius 1 is 1.50 bits per heavy atom. The molecule has 1 amide bonds. The standard InChI is InChI=1S/C18H17ClN2O2S/c1-10-3-5-12-14(9-20)18(24-16(12)7-10)21-17(22)13-8-11(19)4-6-15(13)23-2/h4,6,8,10H,3,5,7H2,1-2H3,(H,21,22)/t10-/m1/s1. The minimum atomic E-state index is -0.322. The number of fused-ring (bicyclic) bond motifs is 1. The molecular weight excluding hydrogens is 344 g/mol. The zero-order valence-electron chi connectivity index (χ0n) is 13.5. The van der Waals surface area contributed by atoms with Crippen molar-refractivity contribution in [1.29, 1.82) is 5.26 Å². The van der Waals surface area contributed by atoms with Crippen LogP contribution in [-0.4, -0.2) is 13.0 Å². The van der Waals surface area contributed by atoms with Gasteiger partial charge in [-0.05, 0) is 48.9 Å². The molecule has 0 aliphatic heterocycles. The van der Waals surface area contributed by atoms with E-state index >= 15 is 0 Å². The third-order valence-electron chi connectivity index (χ3n) is 4.26. The normalized spacial score (nSPS) is 16.2. The Hall–Kier alpha value is -2.03. The molecule has 1 heterocycles. The predicted octanol–water partition coefficient (Wildman–Crippen LogP) is 4.66. The molecule has 0 unspecified atom stereocenters. The molecular formula is C18H17ClN2O2S. The second-order valence-corrected chi connectivity index (χ2v) is 7.51. The lowest BCUT2D eigenvalue weighted by Crippen LogP contribution is -2.13. The maximum Gasteiger partial charge on any atom is 0.260 e. The van der Waals surface area contributed by atoms with Gasteiger partial charge >= 0.3 is 0 Å². The van der Waals surface area contributed by atoms with Crippen LogP contribution in [0.5, 0.6) is 5.75 Å². The molecule has 6 heteroatoms.